The lowest BCUT2D eigenvalue weighted by molar-refractivity contribution is 0.239. The van der Waals surface area contributed by atoms with Crippen molar-refractivity contribution in [3.63, 3.8) is 0 Å². The first-order valence-electron chi connectivity index (χ1n) is 6.89. The van der Waals surface area contributed by atoms with Crippen molar-refractivity contribution in [3.05, 3.63) is 52.2 Å². The van der Waals surface area contributed by atoms with Crippen LogP contribution in [-0.2, 0) is 6.42 Å². The maximum absolute atomic E-state index is 5.75. The molecule has 21 heavy (non-hydrogen) atoms. The monoisotopic (exact) mass is 320 g/mol. The van der Waals surface area contributed by atoms with Crippen LogP contribution >= 0.6 is 23.6 Å². The molecule has 112 valence electrons. The third-order valence-corrected chi connectivity index (χ3v) is 4.35. The lowest BCUT2D eigenvalue weighted by atomic mass is 10.2. The van der Waals surface area contributed by atoms with Gasteiger partial charge in [0, 0.05) is 23.5 Å². The Balaban J connectivity index is 1.71. The summed E-state index contributed by atoms with van der Waals surface area (Å²) in [6.07, 6.45) is 1.09. The number of rotatable bonds is 8. The minimum absolute atomic E-state index is 0.397. The van der Waals surface area contributed by atoms with Gasteiger partial charge in [0.25, 0.3) is 0 Å². The molecule has 2 N–H and O–H groups in total. The molecule has 0 bridgehead atoms. The fourth-order valence-corrected chi connectivity index (χ4v) is 2.75. The number of nitrogens with zero attached hydrogens (tertiary/aromatic N) is 1. The lowest BCUT2D eigenvalue weighted by Crippen LogP contribution is -2.26. The van der Waals surface area contributed by atoms with E-state index in [1.807, 2.05) is 35.6 Å². The average Bonchev–Trinajstić information content (AvgIpc) is 2.99. The van der Waals surface area contributed by atoms with Gasteiger partial charge in [-0.1, -0.05) is 30.4 Å². The Kier molecular flexibility index (Phi) is 6.17. The second-order valence-corrected chi connectivity index (χ2v) is 6.35. The zero-order valence-electron chi connectivity index (χ0n) is 12.1. The van der Waals surface area contributed by atoms with Crippen LogP contribution in [0.15, 0.2) is 41.8 Å². The highest BCUT2D eigenvalue weighted by Gasteiger charge is 2.02. The molecule has 0 aliphatic heterocycles. The molecule has 0 atom stereocenters. The summed E-state index contributed by atoms with van der Waals surface area (Å²) in [7, 11) is 2.11. The maximum atomic E-state index is 5.75. The Morgan fingerprint density at radius 2 is 2.14 bits per heavy atom. The van der Waals surface area contributed by atoms with Gasteiger partial charge in [-0.2, -0.15) is 0 Å². The van der Waals surface area contributed by atoms with Crippen molar-refractivity contribution in [2.75, 3.05) is 26.7 Å². The third-order valence-electron chi connectivity index (χ3n) is 3.18. The van der Waals surface area contributed by atoms with Crippen LogP contribution in [0, 0.1) is 0 Å². The molecule has 0 spiro atoms. The number of nitrogens with two attached hydrogens (primary N) is 1. The first kappa shape index (κ1) is 15.9. The summed E-state index contributed by atoms with van der Waals surface area (Å²) in [5, 5.41) is 2.12. The summed E-state index contributed by atoms with van der Waals surface area (Å²) in [6.45, 7) is 2.58. The van der Waals surface area contributed by atoms with Crippen molar-refractivity contribution in [2.45, 2.75) is 6.42 Å². The van der Waals surface area contributed by atoms with E-state index in [0.29, 0.717) is 11.6 Å². The van der Waals surface area contributed by atoms with E-state index >= 15 is 0 Å². The molecule has 5 heteroatoms. The number of hydrogen-bond donors (Lipinski definition) is 1. The van der Waals surface area contributed by atoms with E-state index in [0.717, 1.165) is 30.8 Å². The van der Waals surface area contributed by atoms with Gasteiger partial charge in [-0.15, -0.1) is 11.3 Å². The van der Waals surface area contributed by atoms with Crippen molar-refractivity contribution >= 4 is 28.5 Å². The van der Waals surface area contributed by atoms with Crippen LogP contribution in [-0.4, -0.2) is 36.6 Å². The predicted molar refractivity (Wildman–Crippen MR) is 93.3 cm³/mol. The fraction of sp³-hybridized carbons (Fsp3) is 0.312. The number of hydrogen-bond acceptors (Lipinski definition) is 4. The van der Waals surface area contributed by atoms with Crippen molar-refractivity contribution in [3.8, 4) is 5.75 Å². The van der Waals surface area contributed by atoms with E-state index < -0.39 is 0 Å². The average molecular weight is 320 g/mol. The molecule has 2 rings (SSSR count). The quantitative estimate of drug-likeness (QED) is 0.759. The van der Waals surface area contributed by atoms with Crippen molar-refractivity contribution in [2.24, 2.45) is 5.73 Å². The normalized spacial score (nSPS) is 10.8. The summed E-state index contributed by atoms with van der Waals surface area (Å²) in [6, 6.07) is 11.9. The molecule has 0 unspecified atom stereocenters. The highest BCUT2D eigenvalue weighted by atomic mass is 32.1. The number of ether oxygens (including phenoxy) is 1. The lowest BCUT2D eigenvalue weighted by Gasteiger charge is -2.16. The predicted octanol–water partition coefficient (Wildman–Crippen LogP) is 2.94. The summed E-state index contributed by atoms with van der Waals surface area (Å²) in [4.78, 5) is 4.09. The summed E-state index contributed by atoms with van der Waals surface area (Å²) < 4.78 is 5.75. The fourth-order valence-electron chi connectivity index (χ4n) is 1.93. The largest absolute Gasteiger partial charge is 0.492 e. The Bertz CT molecular complexity index is 569. The molecule has 2 aromatic rings. The van der Waals surface area contributed by atoms with E-state index in [9.17, 15) is 0 Å². The van der Waals surface area contributed by atoms with Gasteiger partial charge in [-0.3, -0.25) is 0 Å². The zero-order chi connectivity index (χ0) is 15.1. The van der Waals surface area contributed by atoms with Crippen molar-refractivity contribution < 1.29 is 4.74 Å². The molecule has 1 aromatic heterocycles. The topological polar surface area (TPSA) is 38.5 Å². The summed E-state index contributed by atoms with van der Waals surface area (Å²) in [5.74, 6) is 0.812. The second-order valence-electron chi connectivity index (χ2n) is 4.87. The van der Waals surface area contributed by atoms with Crippen LogP contribution in [0.25, 0.3) is 0 Å². The SMILES string of the molecule is CN(CCOc1cccc(C(N)=S)c1)CCc1cccs1. The van der Waals surface area contributed by atoms with Crippen molar-refractivity contribution in [1.29, 1.82) is 0 Å². The minimum atomic E-state index is 0.397. The number of thiophene rings is 1. The highest BCUT2D eigenvalue weighted by molar-refractivity contribution is 7.80. The molecule has 0 aliphatic rings. The van der Waals surface area contributed by atoms with E-state index in [2.05, 4.69) is 29.5 Å². The van der Waals surface area contributed by atoms with Gasteiger partial charge < -0.3 is 15.4 Å². The van der Waals surface area contributed by atoms with Crippen LogP contribution in [0.3, 0.4) is 0 Å². The van der Waals surface area contributed by atoms with Gasteiger partial charge in [0.2, 0.25) is 0 Å². The van der Waals surface area contributed by atoms with Crippen LogP contribution in [0.2, 0.25) is 0 Å². The molecule has 0 amide bonds. The molecular weight excluding hydrogens is 300 g/mol. The number of benzene rings is 1. The Labute approximate surface area is 135 Å². The van der Waals surface area contributed by atoms with E-state index in [1.54, 1.807) is 0 Å². The molecule has 3 nitrogen and oxygen atoms in total. The van der Waals surface area contributed by atoms with Gasteiger partial charge in [-0.25, -0.2) is 0 Å². The van der Waals surface area contributed by atoms with Gasteiger partial charge in [0.15, 0.2) is 0 Å². The molecule has 1 aromatic carbocycles. The zero-order valence-corrected chi connectivity index (χ0v) is 13.8. The number of thiocarbonyl (C=S) groups is 1. The highest BCUT2D eigenvalue weighted by Crippen LogP contribution is 2.13. The minimum Gasteiger partial charge on any atom is -0.492 e. The molecule has 0 fully saturated rings. The third kappa shape index (κ3) is 5.46. The Morgan fingerprint density at radius 3 is 2.86 bits per heavy atom. The van der Waals surface area contributed by atoms with Crippen molar-refractivity contribution in [1.82, 2.24) is 4.90 Å². The van der Waals surface area contributed by atoms with Crippen LogP contribution < -0.4 is 10.5 Å². The molecule has 0 saturated heterocycles. The van der Waals surface area contributed by atoms with Gasteiger partial charge in [0.1, 0.15) is 17.3 Å². The smallest absolute Gasteiger partial charge is 0.120 e. The first-order chi connectivity index (χ1) is 10.1. The second kappa shape index (κ2) is 8.12. The van der Waals surface area contributed by atoms with Gasteiger partial charge in [0.05, 0.1) is 0 Å². The molecule has 0 saturated carbocycles. The summed E-state index contributed by atoms with van der Waals surface area (Å²) in [5.41, 5.74) is 6.46. The Hall–Kier alpha value is -1.43. The maximum Gasteiger partial charge on any atom is 0.120 e. The summed E-state index contributed by atoms with van der Waals surface area (Å²) >= 11 is 6.77. The van der Waals surface area contributed by atoms with Crippen LogP contribution in [0.1, 0.15) is 10.4 Å². The molecule has 0 aliphatic carbocycles. The molecular formula is C16H20N2OS2. The van der Waals surface area contributed by atoms with Gasteiger partial charge >= 0.3 is 0 Å². The number of likely N-dealkylation sites (N-methyl/N-ethyl adjacent to an activating group) is 1. The van der Waals surface area contributed by atoms with Crippen LogP contribution in [0.5, 0.6) is 5.75 Å². The van der Waals surface area contributed by atoms with E-state index in [4.69, 9.17) is 22.7 Å². The molecule has 0 radical (unpaired) electrons. The van der Waals surface area contributed by atoms with Gasteiger partial charge in [-0.05, 0) is 37.0 Å². The van der Waals surface area contributed by atoms with Crippen LogP contribution in [0.4, 0.5) is 0 Å². The molecule has 1 heterocycles. The first-order valence-corrected chi connectivity index (χ1v) is 8.17. The standard InChI is InChI=1S/C16H20N2OS2/c1-18(8-7-15-6-3-11-21-15)9-10-19-14-5-2-4-13(12-14)16(17)20/h2-6,11-12H,7-10H2,1H3,(H2,17,20). The van der Waals surface area contributed by atoms with E-state index in [1.165, 1.54) is 4.88 Å². The van der Waals surface area contributed by atoms with E-state index in [-0.39, 0.29) is 0 Å². The Morgan fingerprint density at radius 1 is 1.29 bits per heavy atom.